The lowest BCUT2D eigenvalue weighted by molar-refractivity contribution is 0.667. The molecule has 2 nitrogen and oxygen atoms in total. The van der Waals surface area contributed by atoms with Crippen LogP contribution in [0.4, 0.5) is 0 Å². The maximum atomic E-state index is 11.1. The van der Waals surface area contributed by atoms with Gasteiger partial charge in [-0.15, -0.1) is 0 Å². The number of nitrogens with zero attached hydrogens (tertiary/aromatic N) is 1. The van der Waals surface area contributed by atoms with Crippen molar-refractivity contribution in [2.75, 3.05) is 0 Å². The molecule has 0 amide bonds. The van der Waals surface area contributed by atoms with E-state index < -0.39 is 0 Å². The van der Waals surface area contributed by atoms with E-state index in [1.54, 1.807) is 24.5 Å². The first-order valence-corrected chi connectivity index (χ1v) is 7.07. The van der Waals surface area contributed by atoms with Crippen molar-refractivity contribution in [1.82, 2.24) is 4.57 Å². The van der Waals surface area contributed by atoms with Gasteiger partial charge in [0.1, 0.15) is 0 Å². The Kier molecular flexibility index (Phi) is 4.96. The highest BCUT2D eigenvalue weighted by Gasteiger charge is 1.97. The average Bonchev–Trinajstić information content (AvgIpc) is 2.45. The van der Waals surface area contributed by atoms with E-state index in [-0.39, 0.29) is 5.43 Å². The van der Waals surface area contributed by atoms with Crippen LogP contribution in [0.25, 0.3) is 5.69 Å². The van der Waals surface area contributed by atoms with Crippen molar-refractivity contribution in [3.05, 3.63) is 64.6 Å². The highest BCUT2D eigenvalue weighted by molar-refractivity contribution is 5.35. The lowest BCUT2D eigenvalue weighted by Gasteiger charge is -2.07. The molecule has 100 valence electrons. The van der Waals surface area contributed by atoms with Gasteiger partial charge in [0.25, 0.3) is 0 Å². The van der Waals surface area contributed by atoms with Crippen LogP contribution >= 0.6 is 0 Å². The Morgan fingerprint density at radius 1 is 0.895 bits per heavy atom. The molecule has 0 saturated heterocycles. The second-order valence-electron chi connectivity index (χ2n) is 4.92. The smallest absolute Gasteiger partial charge is 0.181 e. The van der Waals surface area contributed by atoms with Gasteiger partial charge in [-0.2, -0.15) is 0 Å². The molecule has 2 aromatic rings. The molecule has 0 atom stereocenters. The van der Waals surface area contributed by atoms with Gasteiger partial charge in [0.2, 0.25) is 0 Å². The normalized spacial score (nSPS) is 10.6. The molecule has 0 spiro atoms. The van der Waals surface area contributed by atoms with Crippen LogP contribution in [0.1, 0.15) is 38.2 Å². The summed E-state index contributed by atoms with van der Waals surface area (Å²) in [5, 5.41) is 0. The number of aromatic nitrogens is 1. The molecule has 0 N–H and O–H groups in total. The minimum atomic E-state index is 0.0452. The third-order valence-corrected chi connectivity index (χ3v) is 3.35. The SMILES string of the molecule is CCCCCCc1ccc(-n2ccc(=O)cc2)cc1. The first-order chi connectivity index (χ1) is 9.29. The largest absolute Gasteiger partial charge is 0.324 e. The second kappa shape index (κ2) is 6.93. The van der Waals surface area contributed by atoms with Crippen molar-refractivity contribution < 1.29 is 0 Å². The number of aryl methyl sites for hydroxylation is 1. The molecule has 0 saturated carbocycles. The lowest BCUT2D eigenvalue weighted by Crippen LogP contribution is -2.01. The first-order valence-electron chi connectivity index (χ1n) is 7.07. The van der Waals surface area contributed by atoms with Crippen molar-refractivity contribution in [2.45, 2.75) is 39.0 Å². The summed E-state index contributed by atoms with van der Waals surface area (Å²) < 4.78 is 1.96. The summed E-state index contributed by atoms with van der Waals surface area (Å²) >= 11 is 0. The Labute approximate surface area is 114 Å². The number of hydrogen-bond acceptors (Lipinski definition) is 1. The van der Waals surface area contributed by atoms with Gasteiger partial charge >= 0.3 is 0 Å². The molecule has 0 aliphatic rings. The van der Waals surface area contributed by atoms with Crippen LogP contribution in [0.5, 0.6) is 0 Å². The molecule has 2 rings (SSSR count). The minimum absolute atomic E-state index is 0.0452. The summed E-state index contributed by atoms with van der Waals surface area (Å²) in [6.45, 7) is 2.24. The second-order valence-corrected chi connectivity index (χ2v) is 4.92. The quantitative estimate of drug-likeness (QED) is 0.716. The van der Waals surface area contributed by atoms with Crippen LogP contribution < -0.4 is 5.43 Å². The molecule has 0 radical (unpaired) electrons. The first kappa shape index (κ1) is 13.6. The lowest BCUT2D eigenvalue weighted by atomic mass is 10.1. The summed E-state index contributed by atoms with van der Waals surface area (Å²) in [7, 11) is 0. The van der Waals surface area contributed by atoms with Crippen LogP contribution in [0.2, 0.25) is 0 Å². The van der Waals surface area contributed by atoms with Crippen molar-refractivity contribution >= 4 is 0 Å². The van der Waals surface area contributed by atoms with Gasteiger partial charge in [-0.1, -0.05) is 38.3 Å². The van der Waals surface area contributed by atoms with E-state index in [0.29, 0.717) is 0 Å². The van der Waals surface area contributed by atoms with Gasteiger partial charge in [-0.25, -0.2) is 0 Å². The Balaban J connectivity index is 1.98. The molecule has 19 heavy (non-hydrogen) atoms. The van der Waals surface area contributed by atoms with Gasteiger partial charge in [0.05, 0.1) is 0 Å². The number of pyridine rings is 1. The zero-order valence-electron chi connectivity index (χ0n) is 11.5. The Morgan fingerprint density at radius 2 is 1.58 bits per heavy atom. The third kappa shape index (κ3) is 4.09. The maximum Gasteiger partial charge on any atom is 0.181 e. The monoisotopic (exact) mass is 255 g/mol. The van der Waals surface area contributed by atoms with Gasteiger partial charge in [-0.3, -0.25) is 4.79 Å². The van der Waals surface area contributed by atoms with E-state index >= 15 is 0 Å². The molecule has 1 aromatic carbocycles. The topological polar surface area (TPSA) is 22.0 Å². The van der Waals surface area contributed by atoms with Crippen LogP contribution in [0.15, 0.2) is 53.6 Å². The predicted molar refractivity (Wildman–Crippen MR) is 79.9 cm³/mol. The van der Waals surface area contributed by atoms with Crippen molar-refractivity contribution in [3.8, 4) is 5.69 Å². The van der Waals surface area contributed by atoms with E-state index in [2.05, 4.69) is 31.2 Å². The minimum Gasteiger partial charge on any atom is -0.324 e. The molecule has 0 bridgehead atoms. The maximum absolute atomic E-state index is 11.1. The van der Waals surface area contributed by atoms with Gasteiger partial charge in [0.15, 0.2) is 5.43 Å². The van der Waals surface area contributed by atoms with E-state index in [0.717, 1.165) is 12.1 Å². The Hall–Kier alpha value is -1.83. The fourth-order valence-electron chi connectivity index (χ4n) is 2.18. The van der Waals surface area contributed by atoms with Gasteiger partial charge < -0.3 is 4.57 Å². The van der Waals surface area contributed by atoms with Crippen molar-refractivity contribution in [3.63, 3.8) is 0 Å². The van der Waals surface area contributed by atoms with E-state index in [1.807, 2.05) is 4.57 Å². The molecular formula is C17H21NO. The van der Waals surface area contributed by atoms with Gasteiger partial charge in [-0.05, 0) is 30.5 Å². The van der Waals surface area contributed by atoms with E-state index in [4.69, 9.17) is 0 Å². The fourth-order valence-corrected chi connectivity index (χ4v) is 2.18. The van der Waals surface area contributed by atoms with Crippen LogP contribution in [0, 0.1) is 0 Å². The number of hydrogen-bond donors (Lipinski definition) is 0. The highest BCUT2D eigenvalue weighted by atomic mass is 16.1. The highest BCUT2D eigenvalue weighted by Crippen LogP contribution is 2.12. The average molecular weight is 255 g/mol. The number of unbranched alkanes of at least 4 members (excludes halogenated alkanes) is 3. The zero-order valence-corrected chi connectivity index (χ0v) is 11.5. The fraction of sp³-hybridized carbons (Fsp3) is 0.353. The predicted octanol–water partition coefficient (Wildman–Crippen LogP) is 3.96. The molecule has 0 aliphatic carbocycles. The molecule has 2 heteroatoms. The van der Waals surface area contributed by atoms with Gasteiger partial charge in [0, 0.05) is 30.2 Å². The third-order valence-electron chi connectivity index (χ3n) is 3.35. The van der Waals surface area contributed by atoms with E-state index in [9.17, 15) is 4.79 Å². The number of benzene rings is 1. The molecule has 1 aromatic heterocycles. The van der Waals surface area contributed by atoms with Crippen LogP contribution in [-0.4, -0.2) is 4.57 Å². The molecule has 1 heterocycles. The van der Waals surface area contributed by atoms with Crippen LogP contribution in [0.3, 0.4) is 0 Å². The zero-order chi connectivity index (χ0) is 13.5. The summed E-state index contributed by atoms with van der Waals surface area (Å²) in [6, 6.07) is 11.7. The number of rotatable bonds is 6. The Morgan fingerprint density at radius 3 is 2.21 bits per heavy atom. The molecule has 0 aliphatic heterocycles. The standard InChI is InChI=1S/C17H21NO/c1-2-3-4-5-6-15-7-9-16(10-8-15)18-13-11-17(19)12-14-18/h7-14H,2-6H2,1H3. The summed E-state index contributed by atoms with van der Waals surface area (Å²) in [6.07, 6.45) is 9.96. The van der Waals surface area contributed by atoms with Crippen molar-refractivity contribution in [2.24, 2.45) is 0 Å². The summed E-state index contributed by atoms with van der Waals surface area (Å²) in [4.78, 5) is 11.1. The Bertz CT molecular complexity index is 534. The van der Waals surface area contributed by atoms with Crippen LogP contribution in [-0.2, 0) is 6.42 Å². The summed E-state index contributed by atoms with van der Waals surface area (Å²) in [5.41, 5.74) is 2.53. The molecular weight excluding hydrogens is 234 g/mol. The molecule has 0 fully saturated rings. The van der Waals surface area contributed by atoms with Crippen molar-refractivity contribution in [1.29, 1.82) is 0 Å². The van der Waals surface area contributed by atoms with E-state index in [1.165, 1.54) is 31.2 Å². The molecule has 0 unspecified atom stereocenters. The summed E-state index contributed by atoms with van der Waals surface area (Å²) in [5.74, 6) is 0.